The van der Waals surface area contributed by atoms with Gasteiger partial charge in [-0.05, 0) is 41.3 Å². The number of aromatic nitrogens is 1. The summed E-state index contributed by atoms with van der Waals surface area (Å²) in [5, 5.41) is 10.1. The van der Waals surface area contributed by atoms with Gasteiger partial charge in [0.2, 0.25) is 0 Å². The van der Waals surface area contributed by atoms with Crippen LogP contribution in [0.15, 0.2) is 54.7 Å². The topological polar surface area (TPSA) is 51.5 Å². The summed E-state index contributed by atoms with van der Waals surface area (Å²) in [7, 11) is 1.64. The molecule has 3 rings (SSSR count). The first-order valence-corrected chi connectivity index (χ1v) is 6.62. The molecule has 1 aromatic heterocycles. The van der Waals surface area contributed by atoms with Crippen LogP contribution in [0.5, 0.6) is 5.75 Å². The van der Waals surface area contributed by atoms with E-state index in [1.54, 1.807) is 19.2 Å². The number of carboxylic acids is 1. The molecule has 0 fully saturated rings. The Hall–Kier alpha value is -2.75. The maximum Gasteiger partial charge on any atom is 0.335 e. The summed E-state index contributed by atoms with van der Waals surface area (Å²) >= 11 is 0. The lowest BCUT2D eigenvalue weighted by molar-refractivity contribution is 0.0697. The van der Waals surface area contributed by atoms with Crippen LogP contribution in [0.25, 0.3) is 10.9 Å². The molecule has 0 amide bonds. The second kappa shape index (κ2) is 5.32. The molecule has 0 bridgehead atoms. The van der Waals surface area contributed by atoms with Gasteiger partial charge in [-0.2, -0.15) is 0 Å². The van der Waals surface area contributed by atoms with Crippen molar-refractivity contribution < 1.29 is 14.6 Å². The summed E-state index contributed by atoms with van der Waals surface area (Å²) < 4.78 is 7.26. The predicted molar refractivity (Wildman–Crippen MR) is 81.0 cm³/mol. The van der Waals surface area contributed by atoms with E-state index >= 15 is 0 Å². The number of nitrogens with zero attached hydrogens (tertiary/aromatic N) is 1. The van der Waals surface area contributed by atoms with Gasteiger partial charge in [-0.25, -0.2) is 4.79 Å². The molecule has 0 saturated heterocycles. The zero-order valence-corrected chi connectivity index (χ0v) is 11.6. The molecule has 21 heavy (non-hydrogen) atoms. The highest BCUT2D eigenvalue weighted by atomic mass is 16.5. The molecule has 2 aromatic carbocycles. The van der Waals surface area contributed by atoms with E-state index in [9.17, 15) is 4.79 Å². The fourth-order valence-corrected chi connectivity index (χ4v) is 2.42. The second-order valence-corrected chi connectivity index (χ2v) is 4.87. The molecule has 0 atom stereocenters. The Balaban J connectivity index is 1.99. The van der Waals surface area contributed by atoms with Crippen LogP contribution in [-0.4, -0.2) is 22.8 Å². The normalized spacial score (nSPS) is 10.7. The standard InChI is InChI=1S/C17H15NO3/c1-21-15-4-2-3-12(9-15)11-18-8-7-13-5-6-14(17(19)20)10-16(13)18/h2-10H,11H2,1H3,(H,19,20). The van der Waals surface area contributed by atoms with E-state index in [1.165, 1.54) is 0 Å². The predicted octanol–water partition coefficient (Wildman–Crippen LogP) is 3.40. The highest BCUT2D eigenvalue weighted by Gasteiger charge is 2.07. The number of hydrogen-bond donors (Lipinski definition) is 1. The number of fused-ring (bicyclic) bond motifs is 1. The number of aromatic carboxylic acids is 1. The van der Waals surface area contributed by atoms with Gasteiger partial charge in [0.15, 0.2) is 0 Å². The largest absolute Gasteiger partial charge is 0.497 e. The monoisotopic (exact) mass is 281 g/mol. The number of methoxy groups -OCH3 is 1. The lowest BCUT2D eigenvalue weighted by atomic mass is 10.1. The maximum atomic E-state index is 11.1. The van der Waals surface area contributed by atoms with E-state index in [4.69, 9.17) is 9.84 Å². The first kappa shape index (κ1) is 13.2. The Labute approximate surface area is 122 Å². The molecule has 0 saturated carbocycles. The lowest BCUT2D eigenvalue weighted by Gasteiger charge is -2.08. The van der Waals surface area contributed by atoms with Crippen LogP contribution in [0.3, 0.4) is 0 Å². The summed E-state index contributed by atoms with van der Waals surface area (Å²) in [5.74, 6) is -0.0961. The number of benzene rings is 2. The summed E-state index contributed by atoms with van der Waals surface area (Å²) in [5.41, 5.74) is 2.32. The zero-order valence-electron chi connectivity index (χ0n) is 11.6. The van der Waals surface area contributed by atoms with Gasteiger partial charge in [0.1, 0.15) is 5.75 Å². The molecule has 0 unspecified atom stereocenters. The van der Waals surface area contributed by atoms with Crippen molar-refractivity contribution in [2.75, 3.05) is 7.11 Å². The molecule has 1 heterocycles. The lowest BCUT2D eigenvalue weighted by Crippen LogP contribution is -2.00. The molecule has 1 N–H and O–H groups in total. The van der Waals surface area contributed by atoms with Gasteiger partial charge in [0, 0.05) is 18.3 Å². The van der Waals surface area contributed by atoms with Crippen LogP contribution in [0.1, 0.15) is 15.9 Å². The van der Waals surface area contributed by atoms with Gasteiger partial charge in [-0.3, -0.25) is 0 Å². The smallest absolute Gasteiger partial charge is 0.335 e. The third-order valence-electron chi connectivity index (χ3n) is 3.51. The third-order valence-corrected chi connectivity index (χ3v) is 3.51. The Morgan fingerprint density at radius 2 is 2.05 bits per heavy atom. The van der Waals surface area contributed by atoms with E-state index in [0.29, 0.717) is 12.1 Å². The van der Waals surface area contributed by atoms with Crippen LogP contribution >= 0.6 is 0 Å². The van der Waals surface area contributed by atoms with Crippen molar-refractivity contribution in [3.8, 4) is 5.75 Å². The highest BCUT2D eigenvalue weighted by molar-refractivity contribution is 5.93. The van der Waals surface area contributed by atoms with Gasteiger partial charge in [0.05, 0.1) is 12.7 Å². The summed E-state index contributed by atoms with van der Waals surface area (Å²) in [6.07, 6.45) is 1.97. The zero-order chi connectivity index (χ0) is 14.8. The van der Waals surface area contributed by atoms with E-state index in [2.05, 4.69) is 0 Å². The highest BCUT2D eigenvalue weighted by Crippen LogP contribution is 2.20. The van der Waals surface area contributed by atoms with Crippen molar-refractivity contribution in [2.45, 2.75) is 6.54 Å². The van der Waals surface area contributed by atoms with E-state index < -0.39 is 5.97 Å². The fourth-order valence-electron chi connectivity index (χ4n) is 2.42. The number of rotatable bonds is 4. The van der Waals surface area contributed by atoms with E-state index in [-0.39, 0.29) is 0 Å². The van der Waals surface area contributed by atoms with Crippen LogP contribution in [0.4, 0.5) is 0 Å². The third kappa shape index (κ3) is 2.60. The Morgan fingerprint density at radius 1 is 1.19 bits per heavy atom. The van der Waals surface area contributed by atoms with Crippen molar-refractivity contribution in [3.63, 3.8) is 0 Å². The fraction of sp³-hybridized carbons (Fsp3) is 0.118. The van der Waals surface area contributed by atoms with E-state index in [1.807, 2.05) is 47.2 Å². The van der Waals surface area contributed by atoms with Gasteiger partial charge in [-0.15, -0.1) is 0 Å². The Morgan fingerprint density at radius 3 is 2.81 bits per heavy atom. The van der Waals surface area contributed by atoms with Crippen molar-refractivity contribution in [1.82, 2.24) is 4.57 Å². The molecule has 3 aromatic rings. The minimum absolute atomic E-state index is 0.299. The molecule has 0 spiro atoms. The summed E-state index contributed by atoms with van der Waals surface area (Å²) in [6.45, 7) is 0.670. The molecule has 4 heteroatoms. The van der Waals surface area contributed by atoms with Gasteiger partial charge in [-0.1, -0.05) is 18.2 Å². The summed E-state index contributed by atoms with van der Waals surface area (Å²) in [6, 6.07) is 15.0. The quantitative estimate of drug-likeness (QED) is 0.797. The molecular weight excluding hydrogens is 266 g/mol. The molecule has 0 aliphatic rings. The van der Waals surface area contributed by atoms with Crippen molar-refractivity contribution in [2.24, 2.45) is 0 Å². The number of hydrogen-bond acceptors (Lipinski definition) is 2. The molecule has 106 valence electrons. The average molecular weight is 281 g/mol. The maximum absolute atomic E-state index is 11.1. The molecule has 4 nitrogen and oxygen atoms in total. The summed E-state index contributed by atoms with van der Waals surface area (Å²) in [4.78, 5) is 11.1. The van der Waals surface area contributed by atoms with Gasteiger partial charge in [0.25, 0.3) is 0 Å². The molecule has 0 aliphatic carbocycles. The number of carboxylic acid groups (broad SMARTS) is 1. The van der Waals surface area contributed by atoms with Crippen LogP contribution in [-0.2, 0) is 6.54 Å². The molecule has 0 radical (unpaired) electrons. The van der Waals surface area contributed by atoms with Crippen LogP contribution in [0, 0.1) is 0 Å². The number of ether oxygens (including phenoxy) is 1. The van der Waals surface area contributed by atoms with Crippen molar-refractivity contribution in [3.05, 3.63) is 65.9 Å². The van der Waals surface area contributed by atoms with Gasteiger partial charge < -0.3 is 14.4 Å². The minimum Gasteiger partial charge on any atom is -0.497 e. The van der Waals surface area contributed by atoms with Gasteiger partial charge >= 0.3 is 5.97 Å². The Bertz CT molecular complexity index is 805. The SMILES string of the molecule is COc1cccc(Cn2ccc3ccc(C(=O)O)cc32)c1. The number of carbonyl (C=O) groups is 1. The van der Waals surface area contributed by atoms with Crippen molar-refractivity contribution >= 4 is 16.9 Å². The first-order valence-electron chi connectivity index (χ1n) is 6.62. The molecule has 0 aliphatic heterocycles. The Kier molecular flexibility index (Phi) is 3.36. The average Bonchev–Trinajstić information content (AvgIpc) is 2.90. The van der Waals surface area contributed by atoms with Crippen molar-refractivity contribution in [1.29, 1.82) is 0 Å². The van der Waals surface area contributed by atoms with Crippen LogP contribution < -0.4 is 4.74 Å². The second-order valence-electron chi connectivity index (χ2n) is 4.87. The van der Waals surface area contributed by atoms with Crippen LogP contribution in [0.2, 0.25) is 0 Å². The molecular formula is C17H15NO3. The van der Waals surface area contributed by atoms with E-state index in [0.717, 1.165) is 22.2 Å². The first-order chi connectivity index (χ1) is 10.2. The minimum atomic E-state index is -0.911.